The Morgan fingerprint density at radius 3 is 2.19 bits per heavy atom. The van der Waals surface area contributed by atoms with Crippen molar-refractivity contribution in [3.63, 3.8) is 0 Å². The number of carbonyl (C=O) groups excluding carboxylic acids is 3. The Hall–Kier alpha value is -2.64. The van der Waals surface area contributed by atoms with Crippen molar-refractivity contribution < 1.29 is 19.1 Å². The van der Waals surface area contributed by atoms with Crippen LogP contribution < -0.4 is 10.6 Å². The lowest BCUT2D eigenvalue weighted by Crippen LogP contribution is -2.30. The number of hydrogen-bond donors (Lipinski definition) is 2. The molecule has 2 rings (SSSR count). The lowest BCUT2D eigenvalue weighted by Gasteiger charge is -2.14. The molecule has 0 spiro atoms. The number of aromatic nitrogens is 1. The number of anilines is 2. The van der Waals surface area contributed by atoms with Crippen LogP contribution in [-0.4, -0.2) is 28.9 Å². The van der Waals surface area contributed by atoms with E-state index in [9.17, 15) is 14.4 Å². The first-order valence-corrected chi connectivity index (χ1v) is 8.22. The van der Waals surface area contributed by atoms with Crippen LogP contribution in [-0.2, 0) is 14.3 Å². The Kier molecular flexibility index (Phi) is 6.54. The average molecular weight is 396 g/mol. The zero-order valence-electron chi connectivity index (χ0n) is 13.9. The third-order valence-electron chi connectivity index (χ3n) is 3.16. The first kappa shape index (κ1) is 19.7. The molecule has 0 aliphatic carbocycles. The van der Waals surface area contributed by atoms with Gasteiger partial charge in [-0.25, -0.2) is 9.78 Å². The van der Waals surface area contributed by atoms with Crippen LogP contribution in [0, 0.1) is 0 Å². The average Bonchev–Trinajstić information content (AvgIpc) is 2.58. The number of pyridine rings is 1. The number of nitrogens with zero attached hydrogens (tertiary/aromatic N) is 1. The summed E-state index contributed by atoms with van der Waals surface area (Å²) < 4.78 is 5.09. The summed E-state index contributed by atoms with van der Waals surface area (Å²) in [6, 6.07) is 7.80. The molecule has 1 atom stereocenters. The summed E-state index contributed by atoms with van der Waals surface area (Å²) in [4.78, 5) is 38.9. The van der Waals surface area contributed by atoms with Crippen molar-refractivity contribution in [2.24, 2.45) is 0 Å². The number of carbonyl (C=O) groups is 3. The van der Waals surface area contributed by atoms with Crippen molar-refractivity contribution in [2.45, 2.75) is 20.0 Å². The third-order valence-corrected chi connectivity index (χ3v) is 3.84. The highest BCUT2D eigenvalue weighted by atomic mass is 35.5. The Labute approximate surface area is 159 Å². The molecule has 1 aromatic heterocycles. The van der Waals surface area contributed by atoms with Crippen molar-refractivity contribution in [2.75, 3.05) is 10.6 Å². The van der Waals surface area contributed by atoms with Gasteiger partial charge in [0.15, 0.2) is 6.10 Å². The van der Waals surface area contributed by atoms with Gasteiger partial charge in [0.25, 0.3) is 5.91 Å². The first-order valence-electron chi connectivity index (χ1n) is 7.47. The number of nitrogens with one attached hydrogen (secondary N) is 2. The van der Waals surface area contributed by atoms with Crippen LogP contribution >= 0.6 is 23.2 Å². The Morgan fingerprint density at radius 2 is 1.65 bits per heavy atom. The van der Waals surface area contributed by atoms with E-state index < -0.39 is 18.0 Å². The highest BCUT2D eigenvalue weighted by Gasteiger charge is 2.20. The predicted molar refractivity (Wildman–Crippen MR) is 98.5 cm³/mol. The molecule has 0 bridgehead atoms. The molecule has 0 radical (unpaired) electrons. The summed E-state index contributed by atoms with van der Waals surface area (Å²) in [5.74, 6) is -1.46. The topological polar surface area (TPSA) is 97.4 Å². The molecule has 2 amide bonds. The number of benzene rings is 1. The van der Waals surface area contributed by atoms with Gasteiger partial charge in [-0.2, -0.15) is 0 Å². The van der Waals surface area contributed by atoms with Gasteiger partial charge in [0.05, 0.1) is 10.6 Å². The molecule has 7 nitrogen and oxygen atoms in total. The first-order chi connectivity index (χ1) is 12.3. The highest BCUT2D eigenvalue weighted by Crippen LogP contribution is 2.20. The highest BCUT2D eigenvalue weighted by molar-refractivity contribution is 6.41. The van der Waals surface area contributed by atoms with Crippen molar-refractivity contribution in [1.29, 1.82) is 0 Å². The third kappa shape index (κ3) is 5.44. The van der Waals surface area contributed by atoms with E-state index >= 15 is 0 Å². The van der Waals surface area contributed by atoms with Crippen LogP contribution in [0.4, 0.5) is 11.4 Å². The van der Waals surface area contributed by atoms with Crippen LogP contribution in [0.15, 0.2) is 36.5 Å². The maximum atomic E-state index is 12.1. The SMILES string of the molecule is CC(=O)Nc1ccc(NC(=O)C(C)OC(=O)c2cnc(Cl)c(Cl)c2)cc1. The van der Waals surface area contributed by atoms with Gasteiger partial charge in [0.2, 0.25) is 5.91 Å². The number of rotatable bonds is 5. The van der Waals surface area contributed by atoms with Crippen LogP contribution in [0.5, 0.6) is 0 Å². The van der Waals surface area contributed by atoms with Gasteiger partial charge in [0.1, 0.15) is 5.15 Å². The molecule has 1 heterocycles. The molecular weight excluding hydrogens is 381 g/mol. The largest absolute Gasteiger partial charge is 0.449 e. The zero-order chi connectivity index (χ0) is 19.3. The molecule has 1 aromatic carbocycles. The lowest BCUT2D eigenvalue weighted by molar-refractivity contribution is -0.123. The molecule has 136 valence electrons. The monoisotopic (exact) mass is 395 g/mol. The van der Waals surface area contributed by atoms with Crippen molar-refractivity contribution in [3.8, 4) is 0 Å². The van der Waals surface area contributed by atoms with Crippen molar-refractivity contribution >= 4 is 52.4 Å². The van der Waals surface area contributed by atoms with E-state index in [0.717, 1.165) is 0 Å². The summed E-state index contributed by atoms with van der Waals surface area (Å²) >= 11 is 11.5. The smallest absolute Gasteiger partial charge is 0.340 e. The summed E-state index contributed by atoms with van der Waals surface area (Å²) in [5, 5.41) is 5.40. The van der Waals surface area contributed by atoms with E-state index in [2.05, 4.69) is 15.6 Å². The number of esters is 1. The number of halogens is 2. The van der Waals surface area contributed by atoms with Gasteiger partial charge in [0, 0.05) is 24.5 Å². The molecule has 0 saturated heterocycles. The van der Waals surface area contributed by atoms with Gasteiger partial charge in [-0.3, -0.25) is 9.59 Å². The lowest BCUT2D eigenvalue weighted by atomic mass is 10.2. The molecule has 0 aliphatic heterocycles. The van der Waals surface area contributed by atoms with E-state index in [4.69, 9.17) is 27.9 Å². The number of hydrogen-bond acceptors (Lipinski definition) is 5. The fraction of sp³-hybridized carbons (Fsp3) is 0.176. The van der Waals surface area contributed by atoms with Gasteiger partial charge >= 0.3 is 5.97 Å². The number of ether oxygens (including phenoxy) is 1. The molecule has 26 heavy (non-hydrogen) atoms. The molecule has 2 N–H and O–H groups in total. The Morgan fingerprint density at radius 1 is 1.08 bits per heavy atom. The standard InChI is InChI=1S/C17H15Cl2N3O4/c1-9(26-17(25)11-7-14(18)15(19)20-8-11)16(24)22-13-5-3-12(4-6-13)21-10(2)23/h3-9H,1-2H3,(H,21,23)(H,22,24). The summed E-state index contributed by atoms with van der Waals surface area (Å²) in [6.07, 6.45) is 0.161. The molecule has 2 aromatic rings. The van der Waals surface area contributed by atoms with E-state index in [1.807, 2.05) is 0 Å². The van der Waals surface area contributed by atoms with Gasteiger partial charge < -0.3 is 15.4 Å². The molecular formula is C17H15Cl2N3O4. The van der Waals surface area contributed by atoms with Gasteiger partial charge in [-0.05, 0) is 37.3 Å². The summed E-state index contributed by atoms with van der Waals surface area (Å²) in [7, 11) is 0. The van der Waals surface area contributed by atoms with Crippen LogP contribution in [0.2, 0.25) is 10.2 Å². The molecule has 0 fully saturated rings. The second-order valence-corrected chi connectivity index (χ2v) is 6.06. The number of amides is 2. The normalized spacial score (nSPS) is 11.4. The predicted octanol–water partition coefficient (Wildman–Crippen LogP) is 3.53. The van der Waals surface area contributed by atoms with Gasteiger partial charge in [-0.15, -0.1) is 0 Å². The second-order valence-electron chi connectivity index (χ2n) is 5.29. The fourth-order valence-corrected chi connectivity index (χ4v) is 2.17. The van der Waals surface area contributed by atoms with E-state index in [1.54, 1.807) is 24.3 Å². The van der Waals surface area contributed by atoms with Crippen molar-refractivity contribution in [1.82, 2.24) is 4.98 Å². The minimum atomic E-state index is -1.05. The van der Waals surface area contributed by atoms with Crippen molar-refractivity contribution in [3.05, 3.63) is 52.3 Å². The van der Waals surface area contributed by atoms with Crippen LogP contribution in [0.3, 0.4) is 0 Å². The molecule has 1 unspecified atom stereocenters. The minimum absolute atomic E-state index is 0.0664. The van der Waals surface area contributed by atoms with Crippen LogP contribution in [0.1, 0.15) is 24.2 Å². The molecule has 9 heteroatoms. The molecule has 0 saturated carbocycles. The maximum absolute atomic E-state index is 12.1. The van der Waals surface area contributed by atoms with E-state index in [1.165, 1.54) is 26.1 Å². The second kappa shape index (κ2) is 8.64. The Bertz CT molecular complexity index is 840. The maximum Gasteiger partial charge on any atom is 0.340 e. The fourth-order valence-electron chi connectivity index (χ4n) is 1.90. The Balaban J connectivity index is 1.95. The molecule has 0 aliphatic rings. The quantitative estimate of drug-likeness (QED) is 0.595. The van der Waals surface area contributed by atoms with E-state index in [0.29, 0.717) is 11.4 Å². The minimum Gasteiger partial charge on any atom is -0.449 e. The summed E-state index contributed by atoms with van der Waals surface area (Å²) in [6.45, 7) is 2.83. The van der Waals surface area contributed by atoms with E-state index in [-0.39, 0.29) is 21.6 Å². The van der Waals surface area contributed by atoms with Crippen LogP contribution in [0.25, 0.3) is 0 Å². The van der Waals surface area contributed by atoms with Gasteiger partial charge in [-0.1, -0.05) is 23.2 Å². The summed E-state index contributed by atoms with van der Waals surface area (Å²) in [5.41, 5.74) is 1.17. The zero-order valence-corrected chi connectivity index (χ0v) is 15.4.